The van der Waals surface area contributed by atoms with Crippen molar-refractivity contribution in [3.63, 3.8) is 0 Å². The summed E-state index contributed by atoms with van der Waals surface area (Å²) in [6.07, 6.45) is 3.29. The lowest BCUT2D eigenvalue weighted by Crippen LogP contribution is -2.29. The van der Waals surface area contributed by atoms with Crippen molar-refractivity contribution in [3.8, 4) is 22.3 Å². The molecule has 1 saturated heterocycles. The zero-order chi connectivity index (χ0) is 22.0. The number of hydrogen-bond acceptors (Lipinski definition) is 2. The third-order valence-electron chi connectivity index (χ3n) is 5.52. The lowest BCUT2D eigenvalue weighted by atomic mass is 9.95. The van der Waals surface area contributed by atoms with Gasteiger partial charge in [-0.15, -0.1) is 0 Å². The van der Waals surface area contributed by atoms with Crippen LogP contribution in [0.15, 0.2) is 66.7 Å². The molecule has 0 aromatic heterocycles. The first kappa shape index (κ1) is 21.3. The Balaban J connectivity index is 1.53. The molecule has 3 aromatic carbocycles. The van der Waals surface area contributed by atoms with Crippen molar-refractivity contribution in [3.05, 3.63) is 95.3 Å². The molecule has 0 bridgehead atoms. The fraction of sp³-hybridized carbons (Fsp3) is 0.231. The molecule has 1 fully saturated rings. The molecule has 1 aliphatic rings. The Morgan fingerprint density at radius 1 is 0.806 bits per heavy atom. The van der Waals surface area contributed by atoms with Crippen molar-refractivity contribution in [1.82, 2.24) is 0 Å². The van der Waals surface area contributed by atoms with Gasteiger partial charge in [0.1, 0.15) is 5.82 Å². The van der Waals surface area contributed by atoms with E-state index in [0.717, 1.165) is 5.56 Å². The van der Waals surface area contributed by atoms with Gasteiger partial charge < -0.3 is 9.47 Å². The maximum Gasteiger partial charge on any atom is 0.176 e. The molecular formula is C26H23F3O2. The number of halogens is 3. The highest BCUT2D eigenvalue weighted by atomic mass is 19.2. The molecule has 0 unspecified atom stereocenters. The van der Waals surface area contributed by atoms with Crippen LogP contribution in [-0.4, -0.2) is 19.5 Å². The minimum atomic E-state index is -0.864. The molecule has 2 nitrogen and oxygen atoms in total. The number of benzene rings is 3. The van der Waals surface area contributed by atoms with Gasteiger partial charge >= 0.3 is 0 Å². The summed E-state index contributed by atoms with van der Waals surface area (Å²) in [4.78, 5) is 0. The predicted molar refractivity (Wildman–Crippen MR) is 115 cm³/mol. The number of aryl methyl sites for hydroxylation is 1. The fourth-order valence-electron chi connectivity index (χ4n) is 3.71. The summed E-state index contributed by atoms with van der Waals surface area (Å²) in [5, 5.41) is 0. The van der Waals surface area contributed by atoms with Gasteiger partial charge in [0.05, 0.1) is 13.2 Å². The van der Waals surface area contributed by atoms with E-state index in [0.29, 0.717) is 29.9 Å². The largest absolute Gasteiger partial charge is 0.348 e. The molecule has 0 saturated carbocycles. The second kappa shape index (κ2) is 9.08. The van der Waals surface area contributed by atoms with E-state index in [9.17, 15) is 13.2 Å². The minimum Gasteiger partial charge on any atom is -0.348 e. The quantitative estimate of drug-likeness (QED) is 0.430. The van der Waals surface area contributed by atoms with E-state index in [1.807, 2.05) is 25.1 Å². The summed E-state index contributed by atoms with van der Waals surface area (Å²) in [7, 11) is 0. The fourth-order valence-corrected chi connectivity index (χ4v) is 3.71. The Bertz CT molecular complexity index is 1100. The minimum absolute atomic E-state index is 0.169. The molecule has 1 aliphatic heterocycles. The highest BCUT2D eigenvalue weighted by molar-refractivity contribution is 5.71. The van der Waals surface area contributed by atoms with Crippen LogP contribution in [0.25, 0.3) is 22.3 Å². The van der Waals surface area contributed by atoms with E-state index in [1.54, 1.807) is 42.5 Å². The maximum atomic E-state index is 14.8. The zero-order valence-corrected chi connectivity index (χ0v) is 17.4. The standard InChI is InChI=1S/C26H23F3O2/c1-3-4-24-30-14-20(15-31-24)21-12-10-19(13-23(21)27)17-6-8-18(9-7-17)22-11-5-16(2)25(28)26(22)29/h3-13,20,24H,14-15H2,1-2H3. The van der Waals surface area contributed by atoms with E-state index < -0.39 is 11.6 Å². The number of hydrogen-bond donors (Lipinski definition) is 0. The van der Waals surface area contributed by atoms with Crippen molar-refractivity contribution in [2.45, 2.75) is 26.1 Å². The van der Waals surface area contributed by atoms with Crippen LogP contribution in [0.3, 0.4) is 0 Å². The monoisotopic (exact) mass is 424 g/mol. The normalized spacial score (nSPS) is 19.1. The first-order chi connectivity index (χ1) is 15.0. The first-order valence-corrected chi connectivity index (χ1v) is 10.2. The molecule has 31 heavy (non-hydrogen) atoms. The molecule has 1 heterocycles. The number of rotatable bonds is 4. The topological polar surface area (TPSA) is 18.5 Å². The van der Waals surface area contributed by atoms with Crippen molar-refractivity contribution in [2.24, 2.45) is 0 Å². The zero-order valence-electron chi connectivity index (χ0n) is 17.4. The molecule has 160 valence electrons. The van der Waals surface area contributed by atoms with Crippen LogP contribution < -0.4 is 0 Å². The second-order valence-electron chi connectivity index (χ2n) is 7.63. The van der Waals surface area contributed by atoms with Gasteiger partial charge in [0.15, 0.2) is 17.9 Å². The summed E-state index contributed by atoms with van der Waals surface area (Å²) in [6.45, 7) is 4.19. The van der Waals surface area contributed by atoms with E-state index in [-0.39, 0.29) is 29.2 Å². The van der Waals surface area contributed by atoms with Crippen LogP contribution in [0, 0.1) is 24.4 Å². The predicted octanol–water partition coefficient (Wildman–Crippen LogP) is 6.78. The van der Waals surface area contributed by atoms with E-state index in [2.05, 4.69) is 0 Å². The average Bonchev–Trinajstić information content (AvgIpc) is 2.79. The van der Waals surface area contributed by atoms with Gasteiger partial charge in [-0.2, -0.15) is 0 Å². The number of allylic oxidation sites excluding steroid dienone is 1. The van der Waals surface area contributed by atoms with Gasteiger partial charge in [0, 0.05) is 11.5 Å². The van der Waals surface area contributed by atoms with Crippen molar-refractivity contribution >= 4 is 0 Å². The van der Waals surface area contributed by atoms with Crippen LogP contribution in [0.4, 0.5) is 13.2 Å². The molecule has 4 rings (SSSR count). The van der Waals surface area contributed by atoms with Gasteiger partial charge in [0.25, 0.3) is 0 Å². The Hall–Kier alpha value is -2.89. The van der Waals surface area contributed by atoms with Gasteiger partial charge in [-0.3, -0.25) is 0 Å². The molecule has 0 atom stereocenters. The Morgan fingerprint density at radius 3 is 2.10 bits per heavy atom. The van der Waals surface area contributed by atoms with Gasteiger partial charge in [-0.05, 0) is 53.8 Å². The highest BCUT2D eigenvalue weighted by Gasteiger charge is 2.24. The van der Waals surface area contributed by atoms with Crippen molar-refractivity contribution in [2.75, 3.05) is 13.2 Å². The summed E-state index contributed by atoms with van der Waals surface area (Å²) >= 11 is 0. The molecule has 0 N–H and O–H groups in total. The first-order valence-electron chi connectivity index (χ1n) is 10.2. The summed E-state index contributed by atoms with van der Waals surface area (Å²) in [5.41, 5.74) is 3.06. The molecule has 0 radical (unpaired) electrons. The van der Waals surface area contributed by atoms with Crippen LogP contribution in [0.1, 0.15) is 24.0 Å². The van der Waals surface area contributed by atoms with Crippen LogP contribution in [-0.2, 0) is 9.47 Å². The molecular weight excluding hydrogens is 401 g/mol. The SMILES string of the molecule is CC=CC1OCC(c2ccc(-c3ccc(-c4ccc(C)c(F)c4F)cc3)cc2F)CO1. The van der Waals surface area contributed by atoms with E-state index in [4.69, 9.17) is 9.47 Å². The Kier molecular flexibility index (Phi) is 6.25. The third-order valence-corrected chi connectivity index (χ3v) is 5.52. The Labute approximate surface area is 179 Å². The summed E-state index contributed by atoms with van der Waals surface area (Å²) in [6, 6.07) is 15.1. The molecule has 0 amide bonds. The van der Waals surface area contributed by atoms with Gasteiger partial charge in [-0.1, -0.05) is 54.6 Å². The van der Waals surface area contributed by atoms with Gasteiger partial charge in [0.2, 0.25) is 0 Å². The lowest BCUT2D eigenvalue weighted by molar-refractivity contribution is -0.159. The Morgan fingerprint density at radius 2 is 1.45 bits per heavy atom. The van der Waals surface area contributed by atoms with Crippen molar-refractivity contribution in [1.29, 1.82) is 0 Å². The van der Waals surface area contributed by atoms with E-state index in [1.165, 1.54) is 13.0 Å². The van der Waals surface area contributed by atoms with Gasteiger partial charge in [-0.25, -0.2) is 13.2 Å². The molecule has 3 aromatic rings. The van der Waals surface area contributed by atoms with Crippen LogP contribution in [0.2, 0.25) is 0 Å². The van der Waals surface area contributed by atoms with Crippen molar-refractivity contribution < 1.29 is 22.6 Å². The summed E-state index contributed by atoms with van der Waals surface area (Å²) < 4.78 is 54.2. The number of ether oxygens (including phenoxy) is 2. The summed E-state index contributed by atoms with van der Waals surface area (Å²) in [5.74, 6) is -2.20. The van der Waals surface area contributed by atoms with Crippen LogP contribution >= 0.6 is 0 Å². The molecule has 0 aliphatic carbocycles. The maximum absolute atomic E-state index is 14.8. The molecule has 5 heteroatoms. The highest BCUT2D eigenvalue weighted by Crippen LogP contribution is 2.31. The average molecular weight is 424 g/mol. The van der Waals surface area contributed by atoms with E-state index >= 15 is 0 Å². The smallest absolute Gasteiger partial charge is 0.176 e. The molecule has 0 spiro atoms. The van der Waals surface area contributed by atoms with Crippen LogP contribution in [0.5, 0.6) is 0 Å². The third kappa shape index (κ3) is 4.43. The lowest BCUT2D eigenvalue weighted by Gasteiger charge is -2.28. The second-order valence-corrected chi connectivity index (χ2v) is 7.63.